The number of hydrogen-bond acceptors (Lipinski definition) is 3. The normalized spacial score (nSPS) is 16.0. The fourth-order valence-electron chi connectivity index (χ4n) is 0.694. The molecular weight excluding hydrogens is 160 g/mol. The van der Waals surface area contributed by atoms with Gasteiger partial charge in [-0.2, -0.15) is 0 Å². The molecule has 0 aromatic carbocycles. The Morgan fingerprint density at radius 1 is 1.55 bits per heavy atom. The van der Waals surface area contributed by atoms with Crippen molar-refractivity contribution < 1.29 is 9.90 Å². The molecule has 0 rings (SSSR count). The number of thioether (sulfide) groups is 1. The van der Waals surface area contributed by atoms with E-state index in [1.165, 1.54) is 0 Å². The first-order valence-electron chi connectivity index (χ1n) is 3.84. The molecule has 0 amide bonds. The van der Waals surface area contributed by atoms with E-state index in [0.717, 1.165) is 6.42 Å². The number of Topliss-reactive ketones (excluding diaryl/α,β-unsaturated/α-hetero) is 1. The Balaban J connectivity index is 3.56. The summed E-state index contributed by atoms with van der Waals surface area (Å²) in [6, 6.07) is 0. The molecule has 0 bridgehead atoms. The molecule has 0 aliphatic rings. The van der Waals surface area contributed by atoms with Crippen molar-refractivity contribution in [3.05, 3.63) is 0 Å². The Hall–Kier alpha value is -0.0200. The number of carbonyl (C=O) groups excluding carboxylic acids is 1. The summed E-state index contributed by atoms with van der Waals surface area (Å²) >= 11 is 1.62. The standard InChI is InChI=1S/C8H16O2S/c1-6(4-5-9)11-8(3)7(2)10/h6,8-9H,4-5H2,1-3H3. The Kier molecular flexibility index (Phi) is 5.60. The molecule has 2 atom stereocenters. The number of aliphatic hydroxyl groups is 1. The van der Waals surface area contributed by atoms with Crippen molar-refractivity contribution in [1.82, 2.24) is 0 Å². The molecule has 0 saturated carbocycles. The molecule has 0 saturated heterocycles. The lowest BCUT2D eigenvalue weighted by Crippen LogP contribution is -2.13. The highest BCUT2D eigenvalue weighted by atomic mass is 32.2. The lowest BCUT2D eigenvalue weighted by molar-refractivity contribution is -0.116. The molecule has 11 heavy (non-hydrogen) atoms. The van der Waals surface area contributed by atoms with Crippen LogP contribution in [0, 0.1) is 0 Å². The van der Waals surface area contributed by atoms with E-state index in [9.17, 15) is 4.79 Å². The minimum absolute atomic E-state index is 0.0662. The van der Waals surface area contributed by atoms with Crippen LogP contribution in [0.15, 0.2) is 0 Å². The lowest BCUT2D eigenvalue weighted by atomic mass is 10.3. The molecule has 3 heteroatoms. The first-order valence-corrected chi connectivity index (χ1v) is 4.79. The molecule has 0 aliphatic carbocycles. The van der Waals surface area contributed by atoms with E-state index in [1.807, 2.05) is 13.8 Å². The predicted octanol–water partition coefficient (Wildman–Crippen LogP) is 1.47. The van der Waals surface area contributed by atoms with Crippen LogP contribution < -0.4 is 0 Å². The molecule has 0 heterocycles. The van der Waals surface area contributed by atoms with E-state index < -0.39 is 0 Å². The van der Waals surface area contributed by atoms with Crippen molar-refractivity contribution in [3.63, 3.8) is 0 Å². The Morgan fingerprint density at radius 2 is 2.09 bits per heavy atom. The maximum atomic E-state index is 10.8. The summed E-state index contributed by atoms with van der Waals surface area (Å²) in [6.07, 6.45) is 0.766. The highest BCUT2D eigenvalue weighted by Gasteiger charge is 2.11. The maximum absolute atomic E-state index is 10.8. The molecule has 1 N–H and O–H groups in total. The number of aliphatic hydroxyl groups excluding tert-OH is 1. The van der Waals surface area contributed by atoms with E-state index in [4.69, 9.17) is 5.11 Å². The van der Waals surface area contributed by atoms with Gasteiger partial charge in [-0.3, -0.25) is 4.79 Å². The lowest BCUT2D eigenvalue weighted by Gasteiger charge is -2.13. The van der Waals surface area contributed by atoms with Gasteiger partial charge in [0.2, 0.25) is 0 Å². The molecule has 2 nitrogen and oxygen atoms in total. The molecular formula is C8H16O2S. The van der Waals surface area contributed by atoms with Gasteiger partial charge in [0, 0.05) is 11.9 Å². The number of ketones is 1. The van der Waals surface area contributed by atoms with E-state index in [2.05, 4.69) is 0 Å². The average molecular weight is 176 g/mol. The van der Waals surface area contributed by atoms with Crippen LogP contribution in [0.25, 0.3) is 0 Å². The van der Waals surface area contributed by atoms with Crippen LogP contribution in [-0.4, -0.2) is 28.0 Å². The van der Waals surface area contributed by atoms with Crippen molar-refractivity contribution >= 4 is 17.5 Å². The van der Waals surface area contributed by atoms with Crippen LogP contribution in [0.4, 0.5) is 0 Å². The summed E-state index contributed by atoms with van der Waals surface area (Å²) in [5.41, 5.74) is 0. The molecule has 0 fully saturated rings. The van der Waals surface area contributed by atoms with Gasteiger partial charge in [-0.05, 0) is 20.3 Å². The summed E-state index contributed by atoms with van der Waals surface area (Å²) in [7, 11) is 0. The second-order valence-corrected chi connectivity index (χ2v) is 4.50. The Labute approximate surface area is 72.4 Å². The fourth-order valence-corrected chi connectivity index (χ4v) is 1.82. The van der Waals surface area contributed by atoms with Crippen molar-refractivity contribution in [1.29, 1.82) is 0 Å². The monoisotopic (exact) mass is 176 g/mol. The maximum Gasteiger partial charge on any atom is 0.142 e. The van der Waals surface area contributed by atoms with Gasteiger partial charge in [0.25, 0.3) is 0 Å². The molecule has 0 spiro atoms. The first-order chi connectivity index (χ1) is 5.07. The van der Waals surface area contributed by atoms with Gasteiger partial charge in [-0.1, -0.05) is 6.92 Å². The minimum atomic E-state index is 0.0662. The highest BCUT2D eigenvalue weighted by molar-refractivity contribution is 8.01. The second-order valence-electron chi connectivity index (χ2n) is 2.71. The molecule has 0 radical (unpaired) electrons. The average Bonchev–Trinajstić information content (AvgIpc) is 1.87. The summed E-state index contributed by atoms with van der Waals surface area (Å²) in [4.78, 5) is 10.8. The summed E-state index contributed by atoms with van der Waals surface area (Å²) in [6.45, 7) is 5.74. The van der Waals surface area contributed by atoms with Crippen molar-refractivity contribution in [2.75, 3.05) is 6.61 Å². The van der Waals surface area contributed by atoms with Gasteiger partial charge in [-0.15, -0.1) is 11.8 Å². The van der Waals surface area contributed by atoms with Crippen LogP contribution in [-0.2, 0) is 4.79 Å². The second kappa shape index (κ2) is 5.61. The van der Waals surface area contributed by atoms with Gasteiger partial charge < -0.3 is 5.11 Å². The first kappa shape index (κ1) is 11.0. The van der Waals surface area contributed by atoms with Crippen LogP contribution in [0.5, 0.6) is 0 Å². The topological polar surface area (TPSA) is 37.3 Å². The van der Waals surface area contributed by atoms with Crippen LogP contribution in [0.3, 0.4) is 0 Å². The van der Waals surface area contributed by atoms with Crippen LogP contribution in [0.2, 0.25) is 0 Å². The third-order valence-electron chi connectivity index (χ3n) is 1.54. The summed E-state index contributed by atoms with van der Waals surface area (Å²) in [5.74, 6) is 0.208. The zero-order chi connectivity index (χ0) is 8.85. The summed E-state index contributed by atoms with van der Waals surface area (Å²) in [5, 5.41) is 9.03. The number of hydrogen-bond donors (Lipinski definition) is 1. The Morgan fingerprint density at radius 3 is 2.45 bits per heavy atom. The molecule has 0 aromatic heterocycles. The van der Waals surface area contributed by atoms with Crippen molar-refractivity contribution in [2.45, 2.75) is 37.7 Å². The predicted molar refractivity (Wildman–Crippen MR) is 48.9 cm³/mol. The van der Waals surface area contributed by atoms with Crippen molar-refractivity contribution in [2.24, 2.45) is 0 Å². The van der Waals surface area contributed by atoms with E-state index in [1.54, 1.807) is 18.7 Å². The number of rotatable bonds is 5. The van der Waals surface area contributed by atoms with Gasteiger partial charge in [-0.25, -0.2) is 0 Å². The van der Waals surface area contributed by atoms with E-state index in [0.29, 0.717) is 5.25 Å². The zero-order valence-corrected chi connectivity index (χ0v) is 8.15. The molecule has 66 valence electrons. The number of carbonyl (C=O) groups is 1. The fraction of sp³-hybridized carbons (Fsp3) is 0.875. The minimum Gasteiger partial charge on any atom is -0.396 e. The van der Waals surface area contributed by atoms with Crippen LogP contribution in [0.1, 0.15) is 27.2 Å². The van der Waals surface area contributed by atoms with Crippen LogP contribution >= 0.6 is 11.8 Å². The van der Waals surface area contributed by atoms with Crippen molar-refractivity contribution in [3.8, 4) is 0 Å². The van der Waals surface area contributed by atoms with Gasteiger partial charge in [0.1, 0.15) is 5.78 Å². The largest absolute Gasteiger partial charge is 0.396 e. The summed E-state index contributed by atoms with van der Waals surface area (Å²) < 4.78 is 0. The highest BCUT2D eigenvalue weighted by Crippen LogP contribution is 2.19. The molecule has 0 aliphatic heterocycles. The zero-order valence-electron chi connectivity index (χ0n) is 7.33. The van der Waals surface area contributed by atoms with Gasteiger partial charge >= 0.3 is 0 Å². The SMILES string of the molecule is CC(=O)C(C)SC(C)CCO. The van der Waals surface area contributed by atoms with E-state index in [-0.39, 0.29) is 17.6 Å². The third-order valence-corrected chi connectivity index (χ3v) is 2.99. The molecule has 0 aromatic rings. The van der Waals surface area contributed by atoms with Gasteiger partial charge in [0.05, 0.1) is 5.25 Å². The third kappa shape index (κ3) is 5.27. The smallest absolute Gasteiger partial charge is 0.142 e. The van der Waals surface area contributed by atoms with Gasteiger partial charge in [0.15, 0.2) is 0 Å². The Bertz CT molecular complexity index is 125. The molecule has 2 unspecified atom stereocenters. The van der Waals surface area contributed by atoms with E-state index >= 15 is 0 Å². The quantitative estimate of drug-likeness (QED) is 0.689.